The molecule has 6 N–H and O–H groups in total. The summed E-state index contributed by atoms with van der Waals surface area (Å²) in [6, 6.07) is 0. The maximum absolute atomic E-state index is 8.77. The predicted octanol–water partition coefficient (Wildman–Crippen LogP) is -11.6. The van der Waals surface area contributed by atoms with Crippen LogP contribution in [-0.4, -0.2) is 20.7 Å². The number of hydrogen-bond acceptors (Lipinski definition) is 4. The zero-order valence-electron chi connectivity index (χ0n) is 6.35. The average Bonchev–Trinajstić information content (AvgIpc) is 1.27. The Morgan fingerprint density at radius 3 is 1.08 bits per heavy atom. The third kappa shape index (κ3) is 308. The number of phosphoric acid groups is 1. The summed E-state index contributed by atoms with van der Waals surface area (Å²) in [5.41, 5.74) is 0. The molecule has 0 amide bonds. The second kappa shape index (κ2) is 23.2. The first-order valence-corrected chi connectivity index (χ1v) is 3.22. The molecule has 0 heterocycles. The largest absolute Gasteiger partial charge is 1.00 e. The van der Waals surface area contributed by atoms with Crippen LogP contribution in [0.4, 0.5) is 0 Å². The first-order valence-electron chi connectivity index (χ1n) is 1.07. The zero-order chi connectivity index (χ0) is 7.21. The quantitative estimate of drug-likeness (QED) is 0.315. The second-order valence-corrected chi connectivity index (χ2v) is 1.66. The maximum Gasteiger partial charge on any atom is 1.00 e. The Labute approximate surface area is 116 Å². The van der Waals surface area contributed by atoms with E-state index in [2.05, 4.69) is 0 Å². The van der Waals surface area contributed by atoms with Gasteiger partial charge in [-0.25, -0.2) is 0 Å². The summed E-state index contributed by atoms with van der Waals surface area (Å²) < 4.78 is 25.2. The van der Waals surface area contributed by atoms with E-state index in [-0.39, 0.29) is 70.1 Å². The van der Waals surface area contributed by atoms with Crippen molar-refractivity contribution in [1.82, 2.24) is 0 Å². The molecule has 0 rings (SSSR count). The fourth-order valence-electron chi connectivity index (χ4n) is 0. The molecule has 0 aromatic rings. The molecular formula is H6ClNa2O8P. The van der Waals surface area contributed by atoms with Crippen LogP contribution in [0.2, 0.25) is 0 Å². The van der Waals surface area contributed by atoms with E-state index in [1.165, 1.54) is 0 Å². The maximum atomic E-state index is 8.77. The fourth-order valence-corrected chi connectivity index (χ4v) is 0. The third-order valence-corrected chi connectivity index (χ3v) is 0. The Morgan fingerprint density at radius 2 is 1.08 bits per heavy atom. The molecule has 0 unspecified atom stereocenters. The van der Waals surface area contributed by atoms with Gasteiger partial charge in [-0.15, -0.1) is 0 Å². The Balaban J connectivity index is -0.0000000119. The van der Waals surface area contributed by atoms with E-state index in [0.717, 1.165) is 0 Å². The van der Waals surface area contributed by atoms with E-state index in [0.29, 0.717) is 0 Å². The first kappa shape index (κ1) is 36.8. The third-order valence-electron chi connectivity index (χ3n) is 0. The second-order valence-electron chi connectivity index (χ2n) is 0.554. The smallest absolute Gasteiger partial charge is 0.756 e. The monoisotopic (exact) mass is 246 g/mol. The molecule has 0 radical (unpaired) electrons. The van der Waals surface area contributed by atoms with Crippen LogP contribution in [0, 0.1) is 11.3 Å². The van der Waals surface area contributed by atoms with Crippen LogP contribution < -0.4 is 73.3 Å². The minimum Gasteiger partial charge on any atom is -0.756 e. The topological polar surface area (TPSA) is 190 Å². The summed E-state index contributed by atoms with van der Waals surface area (Å²) in [6.45, 7) is 0. The van der Waals surface area contributed by atoms with Gasteiger partial charge in [0.05, 0.1) is 11.3 Å². The van der Waals surface area contributed by atoms with E-state index in [9.17, 15) is 0 Å². The molecule has 0 aliphatic carbocycles. The Bertz CT molecular complexity index is 72.9. The van der Waals surface area contributed by atoms with Crippen LogP contribution in [0.3, 0.4) is 0 Å². The number of hydrogen-bond donors (Lipinski definition) is 2. The van der Waals surface area contributed by atoms with Crippen molar-refractivity contribution >= 4 is 7.82 Å². The number of rotatable bonds is 0. The van der Waals surface area contributed by atoms with Crippen LogP contribution in [-0.2, 0) is 4.57 Å². The summed E-state index contributed by atoms with van der Waals surface area (Å²) in [6.07, 6.45) is 0. The van der Waals surface area contributed by atoms with Gasteiger partial charge in [-0.05, 0) is 0 Å². The molecule has 0 saturated heterocycles. The molecule has 0 bridgehead atoms. The van der Waals surface area contributed by atoms with Crippen LogP contribution in [0.15, 0.2) is 0 Å². The normalized spacial score (nSPS) is 6.42. The van der Waals surface area contributed by atoms with Gasteiger partial charge in [0.25, 0.3) is 7.82 Å². The standard InChI is InChI=1S/ClO2.2Na.H3O4P.2H2O/c2-1-3;;;1-5(2,3)4;;/h;;;(H3,1,2,3,4);2*1H2/q-1;2*+1;;;/p-1. The zero-order valence-corrected chi connectivity index (χ0v) is 12.0. The summed E-state index contributed by atoms with van der Waals surface area (Å²) >= 11 is -0.417. The molecule has 0 aliphatic rings. The SMILES string of the molecule is O.O.O=P([O-])(O)O.[Na+].[Na+].[O-][Cl+][O-]. The van der Waals surface area contributed by atoms with Crippen molar-refractivity contribution in [3.63, 3.8) is 0 Å². The van der Waals surface area contributed by atoms with E-state index in [1.54, 1.807) is 0 Å². The average molecular weight is 246 g/mol. The Hall–Kier alpha value is 2.24. The molecule has 12 heavy (non-hydrogen) atoms. The van der Waals surface area contributed by atoms with E-state index < -0.39 is 19.1 Å². The van der Waals surface area contributed by atoms with Gasteiger partial charge < -0.3 is 35.0 Å². The summed E-state index contributed by atoms with van der Waals surface area (Å²) in [7, 11) is -4.89. The molecule has 0 saturated carbocycles. The molecule has 8 nitrogen and oxygen atoms in total. The van der Waals surface area contributed by atoms with Gasteiger partial charge in [0.1, 0.15) is 0 Å². The van der Waals surface area contributed by atoms with Gasteiger partial charge in [0, 0.05) is 0 Å². The molecule has 0 atom stereocenters. The molecule has 0 aromatic carbocycles. The van der Waals surface area contributed by atoms with E-state index in [1.807, 2.05) is 0 Å². The van der Waals surface area contributed by atoms with Crippen molar-refractivity contribution in [3.05, 3.63) is 0 Å². The van der Waals surface area contributed by atoms with Crippen molar-refractivity contribution in [2.24, 2.45) is 0 Å². The molecule has 0 aliphatic heterocycles. The van der Waals surface area contributed by atoms with Gasteiger partial charge in [-0.1, -0.05) is 0 Å². The van der Waals surface area contributed by atoms with Crippen molar-refractivity contribution in [2.75, 3.05) is 0 Å². The summed E-state index contributed by atoms with van der Waals surface area (Å²) in [5.74, 6) is 0. The minimum absolute atomic E-state index is 0. The van der Waals surface area contributed by atoms with Crippen molar-refractivity contribution in [3.8, 4) is 0 Å². The molecular weight excluding hydrogens is 240 g/mol. The van der Waals surface area contributed by atoms with Gasteiger partial charge in [-0.2, -0.15) is 0 Å². The first-order chi connectivity index (χ1) is 3.41. The Kier molecular flexibility index (Phi) is 71.2. The predicted molar refractivity (Wildman–Crippen MR) is 19.3 cm³/mol. The Morgan fingerprint density at radius 1 is 1.08 bits per heavy atom. The summed E-state index contributed by atoms with van der Waals surface area (Å²) in [4.78, 5) is 22.9. The van der Waals surface area contributed by atoms with Crippen molar-refractivity contribution in [1.29, 1.82) is 0 Å². The fraction of sp³-hybridized carbons (Fsp3) is 0. The van der Waals surface area contributed by atoms with Gasteiger partial charge >= 0.3 is 59.1 Å². The molecule has 12 heteroatoms. The minimum atomic E-state index is -4.89. The van der Waals surface area contributed by atoms with Crippen LogP contribution in [0.5, 0.6) is 0 Å². The van der Waals surface area contributed by atoms with Crippen LogP contribution in [0.1, 0.15) is 0 Å². The molecule has 68 valence electrons. The van der Waals surface area contributed by atoms with Crippen molar-refractivity contribution in [2.45, 2.75) is 0 Å². The molecule has 0 spiro atoms. The van der Waals surface area contributed by atoms with Crippen LogP contribution in [0.25, 0.3) is 0 Å². The number of halogens is 1. The van der Waals surface area contributed by atoms with E-state index >= 15 is 0 Å². The van der Waals surface area contributed by atoms with Gasteiger partial charge in [0.2, 0.25) is 0 Å². The molecule has 0 aromatic heterocycles. The van der Waals surface area contributed by atoms with E-state index in [4.69, 9.17) is 28.6 Å². The molecule has 0 fully saturated rings. The van der Waals surface area contributed by atoms with Gasteiger partial charge in [-0.3, -0.25) is 4.57 Å². The van der Waals surface area contributed by atoms with Crippen molar-refractivity contribution < 1.29 is 110 Å². The van der Waals surface area contributed by atoms with Gasteiger partial charge in [0.15, 0.2) is 0 Å². The van der Waals surface area contributed by atoms with Crippen LogP contribution >= 0.6 is 7.82 Å². The summed E-state index contributed by atoms with van der Waals surface area (Å²) in [5, 5.41) is 0.